The maximum absolute atomic E-state index is 11.9. The Hall–Kier alpha value is -1.92. The van der Waals surface area contributed by atoms with Crippen molar-refractivity contribution in [3.63, 3.8) is 0 Å². The van der Waals surface area contributed by atoms with E-state index in [-0.39, 0.29) is 11.9 Å². The van der Waals surface area contributed by atoms with Crippen LogP contribution in [0.25, 0.3) is 0 Å². The first-order chi connectivity index (χ1) is 9.81. The van der Waals surface area contributed by atoms with Gasteiger partial charge in [-0.2, -0.15) is 0 Å². The maximum atomic E-state index is 11.9. The van der Waals surface area contributed by atoms with Crippen molar-refractivity contribution in [3.05, 3.63) is 36.5 Å². The molecule has 104 valence electrons. The molecule has 1 aromatic carbocycles. The van der Waals surface area contributed by atoms with E-state index in [0.717, 1.165) is 25.1 Å². The number of para-hydroxylation sites is 1. The van der Waals surface area contributed by atoms with E-state index in [1.807, 2.05) is 30.3 Å². The van der Waals surface area contributed by atoms with E-state index >= 15 is 0 Å². The van der Waals surface area contributed by atoms with E-state index in [1.165, 1.54) is 11.3 Å². The Balaban J connectivity index is 1.60. The fraction of sp³-hybridized carbons (Fsp3) is 0.286. The quantitative estimate of drug-likeness (QED) is 0.908. The largest absolute Gasteiger partial charge is 0.445 e. The molecule has 5 nitrogen and oxygen atoms in total. The number of rotatable bonds is 4. The van der Waals surface area contributed by atoms with Crippen LogP contribution in [0, 0.1) is 0 Å². The fourth-order valence-electron chi connectivity index (χ4n) is 2.07. The molecule has 0 unspecified atom stereocenters. The maximum Gasteiger partial charge on any atom is 0.243 e. The summed E-state index contributed by atoms with van der Waals surface area (Å²) in [6.45, 7) is 0.901. The second-order valence-corrected chi connectivity index (χ2v) is 5.53. The van der Waals surface area contributed by atoms with Gasteiger partial charge < -0.3 is 15.4 Å². The van der Waals surface area contributed by atoms with Crippen LogP contribution in [0.5, 0.6) is 10.8 Å². The highest BCUT2D eigenvalue weighted by molar-refractivity contribution is 7.17. The highest BCUT2D eigenvalue weighted by Crippen LogP contribution is 2.30. The molecule has 0 bridgehead atoms. The zero-order valence-corrected chi connectivity index (χ0v) is 11.7. The Morgan fingerprint density at radius 1 is 1.40 bits per heavy atom. The van der Waals surface area contributed by atoms with Crippen molar-refractivity contribution in [3.8, 4) is 10.8 Å². The van der Waals surface area contributed by atoms with Crippen LogP contribution in [-0.4, -0.2) is 23.5 Å². The number of nitrogens with one attached hydrogen (secondary N) is 2. The van der Waals surface area contributed by atoms with Crippen LogP contribution in [0.2, 0.25) is 0 Å². The lowest BCUT2D eigenvalue weighted by Crippen LogP contribution is -2.35. The lowest BCUT2D eigenvalue weighted by Gasteiger charge is -2.08. The lowest BCUT2D eigenvalue weighted by atomic mass is 10.2. The molecule has 0 radical (unpaired) electrons. The van der Waals surface area contributed by atoms with Crippen LogP contribution < -0.4 is 15.4 Å². The Morgan fingerprint density at radius 2 is 2.25 bits per heavy atom. The van der Waals surface area contributed by atoms with Gasteiger partial charge >= 0.3 is 0 Å². The second kappa shape index (κ2) is 6.02. The molecule has 1 aliphatic rings. The first-order valence-electron chi connectivity index (χ1n) is 6.54. The summed E-state index contributed by atoms with van der Waals surface area (Å²) in [5.74, 6) is 0.731. The van der Waals surface area contributed by atoms with Crippen molar-refractivity contribution in [1.29, 1.82) is 0 Å². The lowest BCUT2D eigenvalue weighted by molar-refractivity contribution is -0.117. The summed E-state index contributed by atoms with van der Waals surface area (Å²) in [5.41, 5.74) is 0. The topological polar surface area (TPSA) is 63.2 Å². The molecule has 1 atom stereocenters. The summed E-state index contributed by atoms with van der Waals surface area (Å²) in [7, 11) is 0. The van der Waals surface area contributed by atoms with Gasteiger partial charge in [0.15, 0.2) is 5.13 Å². The van der Waals surface area contributed by atoms with Crippen molar-refractivity contribution in [1.82, 2.24) is 10.3 Å². The molecule has 1 aromatic heterocycles. The number of nitrogens with zero attached hydrogens (tertiary/aromatic N) is 1. The van der Waals surface area contributed by atoms with Crippen LogP contribution in [0.4, 0.5) is 5.13 Å². The molecule has 2 N–H and O–H groups in total. The first kappa shape index (κ1) is 13.1. The molecular weight excluding hydrogens is 274 g/mol. The zero-order chi connectivity index (χ0) is 13.8. The number of amides is 1. The molecule has 0 aliphatic carbocycles. The molecule has 3 rings (SSSR count). The van der Waals surface area contributed by atoms with Crippen LogP contribution in [-0.2, 0) is 4.79 Å². The standard InChI is InChI=1S/C14H15N3O2S/c18-13(11-7-4-8-15-11)17-14-16-9-12(20-14)19-10-5-2-1-3-6-10/h1-3,5-6,9,11,15H,4,7-8H2,(H,16,17,18)/t11-/m1/s1. The number of carbonyl (C=O) groups is 1. The van der Waals surface area contributed by atoms with Gasteiger partial charge in [0, 0.05) is 0 Å². The third-order valence-electron chi connectivity index (χ3n) is 3.05. The van der Waals surface area contributed by atoms with Crippen molar-refractivity contribution >= 4 is 22.4 Å². The van der Waals surface area contributed by atoms with E-state index in [0.29, 0.717) is 10.2 Å². The molecule has 2 aromatic rings. The number of anilines is 1. The van der Waals surface area contributed by atoms with Crippen LogP contribution in [0.1, 0.15) is 12.8 Å². The zero-order valence-electron chi connectivity index (χ0n) is 10.8. The normalized spacial score (nSPS) is 17.9. The molecule has 6 heteroatoms. The van der Waals surface area contributed by atoms with Gasteiger partial charge in [-0.25, -0.2) is 4.98 Å². The smallest absolute Gasteiger partial charge is 0.243 e. The van der Waals surface area contributed by atoms with Gasteiger partial charge in [-0.15, -0.1) is 0 Å². The molecule has 1 fully saturated rings. The van der Waals surface area contributed by atoms with Crippen molar-refractivity contribution in [2.45, 2.75) is 18.9 Å². The predicted molar refractivity (Wildman–Crippen MR) is 78.3 cm³/mol. The monoisotopic (exact) mass is 289 g/mol. The Morgan fingerprint density at radius 3 is 3.00 bits per heavy atom. The summed E-state index contributed by atoms with van der Waals surface area (Å²) in [6, 6.07) is 9.40. The van der Waals surface area contributed by atoms with Gasteiger partial charge in [-0.1, -0.05) is 29.5 Å². The Kier molecular flexibility index (Phi) is 3.94. The molecule has 20 heavy (non-hydrogen) atoms. The van der Waals surface area contributed by atoms with E-state index in [2.05, 4.69) is 15.6 Å². The summed E-state index contributed by atoms with van der Waals surface area (Å²) in [4.78, 5) is 16.1. The van der Waals surface area contributed by atoms with Gasteiger partial charge in [-0.05, 0) is 31.5 Å². The Bertz CT molecular complexity index is 579. The average Bonchev–Trinajstić information content (AvgIpc) is 3.11. The Labute approximate surface area is 121 Å². The minimum Gasteiger partial charge on any atom is -0.445 e. The highest BCUT2D eigenvalue weighted by atomic mass is 32.1. The highest BCUT2D eigenvalue weighted by Gasteiger charge is 2.22. The summed E-state index contributed by atoms with van der Waals surface area (Å²) in [5, 5.41) is 7.20. The van der Waals surface area contributed by atoms with Gasteiger partial charge in [-0.3, -0.25) is 4.79 Å². The predicted octanol–water partition coefficient (Wildman–Crippen LogP) is 2.63. The second-order valence-electron chi connectivity index (χ2n) is 4.54. The average molecular weight is 289 g/mol. The van der Waals surface area contributed by atoms with E-state index in [1.54, 1.807) is 6.20 Å². The van der Waals surface area contributed by atoms with E-state index < -0.39 is 0 Å². The van der Waals surface area contributed by atoms with Gasteiger partial charge in [0.05, 0.1) is 12.2 Å². The van der Waals surface area contributed by atoms with Crippen LogP contribution in [0.3, 0.4) is 0 Å². The molecule has 1 amide bonds. The number of ether oxygens (including phenoxy) is 1. The van der Waals surface area contributed by atoms with Crippen molar-refractivity contribution in [2.75, 3.05) is 11.9 Å². The van der Waals surface area contributed by atoms with Crippen molar-refractivity contribution in [2.24, 2.45) is 0 Å². The van der Waals surface area contributed by atoms with Gasteiger partial charge in [0.1, 0.15) is 5.75 Å². The minimum atomic E-state index is -0.0996. The van der Waals surface area contributed by atoms with Crippen LogP contribution >= 0.6 is 11.3 Å². The van der Waals surface area contributed by atoms with Crippen LogP contribution in [0.15, 0.2) is 36.5 Å². The van der Waals surface area contributed by atoms with Crippen molar-refractivity contribution < 1.29 is 9.53 Å². The van der Waals surface area contributed by atoms with Gasteiger partial charge in [0.25, 0.3) is 0 Å². The number of carbonyl (C=O) groups excluding carboxylic acids is 1. The number of aromatic nitrogens is 1. The third-order valence-corrected chi connectivity index (χ3v) is 3.84. The number of hydrogen-bond donors (Lipinski definition) is 2. The molecule has 1 aliphatic heterocycles. The minimum absolute atomic E-state index is 0.0249. The third kappa shape index (κ3) is 3.15. The summed E-state index contributed by atoms with van der Waals surface area (Å²) < 4.78 is 5.66. The SMILES string of the molecule is O=C(Nc1ncc(Oc2ccccc2)s1)[C@H]1CCCN1. The number of benzene rings is 1. The molecule has 1 saturated heterocycles. The van der Waals surface area contributed by atoms with Gasteiger partial charge in [0.2, 0.25) is 11.0 Å². The molecule has 2 heterocycles. The molecule has 0 saturated carbocycles. The first-order valence-corrected chi connectivity index (χ1v) is 7.36. The summed E-state index contributed by atoms with van der Waals surface area (Å²) in [6.07, 6.45) is 3.54. The number of thiazole rings is 1. The summed E-state index contributed by atoms with van der Waals surface area (Å²) >= 11 is 1.32. The fourth-order valence-corrected chi connectivity index (χ4v) is 2.76. The number of hydrogen-bond acceptors (Lipinski definition) is 5. The van der Waals surface area contributed by atoms with E-state index in [4.69, 9.17) is 4.74 Å². The molecule has 0 spiro atoms. The van der Waals surface area contributed by atoms with E-state index in [9.17, 15) is 4.79 Å². The molecular formula is C14H15N3O2S.